The minimum atomic E-state index is 0.126. The van der Waals surface area contributed by atoms with Gasteiger partial charge in [-0.1, -0.05) is 48.5 Å². The van der Waals surface area contributed by atoms with Crippen molar-refractivity contribution in [1.29, 1.82) is 0 Å². The van der Waals surface area contributed by atoms with Crippen LogP contribution < -0.4 is 5.73 Å². The Morgan fingerprint density at radius 1 is 1.05 bits per heavy atom. The van der Waals surface area contributed by atoms with Crippen LogP contribution in [0.3, 0.4) is 0 Å². The van der Waals surface area contributed by atoms with Crippen LogP contribution >= 0.6 is 0 Å². The SMILES string of the molecule is Cc1ccccc1CC1(CN)CCCc2ccccc21. The summed E-state index contributed by atoms with van der Waals surface area (Å²) in [6.45, 7) is 2.94. The summed E-state index contributed by atoms with van der Waals surface area (Å²) >= 11 is 0. The van der Waals surface area contributed by atoms with Crippen molar-refractivity contribution < 1.29 is 0 Å². The van der Waals surface area contributed by atoms with Gasteiger partial charge in [-0.3, -0.25) is 0 Å². The number of aryl methyl sites for hydroxylation is 2. The van der Waals surface area contributed by atoms with Crippen molar-refractivity contribution in [1.82, 2.24) is 0 Å². The summed E-state index contributed by atoms with van der Waals surface area (Å²) in [5.41, 5.74) is 12.2. The van der Waals surface area contributed by atoms with E-state index < -0.39 is 0 Å². The molecule has 0 aliphatic heterocycles. The fourth-order valence-corrected chi connectivity index (χ4v) is 3.65. The summed E-state index contributed by atoms with van der Waals surface area (Å²) in [7, 11) is 0. The fourth-order valence-electron chi connectivity index (χ4n) is 3.65. The van der Waals surface area contributed by atoms with E-state index in [-0.39, 0.29) is 5.41 Å². The van der Waals surface area contributed by atoms with Gasteiger partial charge in [0, 0.05) is 12.0 Å². The number of rotatable bonds is 3. The lowest BCUT2D eigenvalue weighted by Crippen LogP contribution is -2.40. The molecule has 0 aromatic heterocycles. The van der Waals surface area contributed by atoms with E-state index in [1.807, 2.05) is 0 Å². The van der Waals surface area contributed by atoms with Gasteiger partial charge in [-0.2, -0.15) is 0 Å². The Bertz CT molecular complexity index is 602. The molecule has 1 atom stereocenters. The molecule has 0 radical (unpaired) electrons. The number of fused-ring (bicyclic) bond motifs is 1. The first-order valence-electron chi connectivity index (χ1n) is 7.58. The van der Waals surface area contributed by atoms with Crippen LogP contribution in [0.2, 0.25) is 0 Å². The van der Waals surface area contributed by atoms with Crippen molar-refractivity contribution in [2.75, 3.05) is 6.54 Å². The molecule has 0 amide bonds. The summed E-state index contributed by atoms with van der Waals surface area (Å²) in [5, 5.41) is 0. The molecule has 1 heteroatoms. The minimum Gasteiger partial charge on any atom is -0.330 e. The first kappa shape index (κ1) is 13.4. The maximum absolute atomic E-state index is 6.25. The van der Waals surface area contributed by atoms with Crippen molar-refractivity contribution in [3.05, 3.63) is 70.8 Å². The number of nitrogens with two attached hydrogens (primary N) is 1. The summed E-state index contributed by atoms with van der Waals surface area (Å²) in [6, 6.07) is 17.6. The second-order valence-electron chi connectivity index (χ2n) is 6.10. The number of hydrogen-bond donors (Lipinski definition) is 1. The Balaban J connectivity index is 2.03. The van der Waals surface area contributed by atoms with Crippen LogP contribution in [0.1, 0.15) is 35.1 Å². The zero-order valence-electron chi connectivity index (χ0n) is 12.2. The lowest BCUT2D eigenvalue weighted by Gasteiger charge is -2.39. The first-order chi connectivity index (χ1) is 9.75. The molecule has 0 heterocycles. The first-order valence-corrected chi connectivity index (χ1v) is 7.58. The van der Waals surface area contributed by atoms with Gasteiger partial charge in [0.25, 0.3) is 0 Å². The Morgan fingerprint density at radius 3 is 2.60 bits per heavy atom. The van der Waals surface area contributed by atoms with Crippen LogP contribution in [-0.2, 0) is 18.3 Å². The largest absolute Gasteiger partial charge is 0.330 e. The molecule has 20 heavy (non-hydrogen) atoms. The third-order valence-corrected chi connectivity index (χ3v) is 4.87. The molecular formula is C19H23N. The average molecular weight is 265 g/mol. The molecule has 0 fully saturated rings. The third kappa shape index (κ3) is 2.27. The summed E-state index contributed by atoms with van der Waals surface area (Å²) in [6.07, 6.45) is 4.72. The monoisotopic (exact) mass is 265 g/mol. The van der Waals surface area contributed by atoms with Gasteiger partial charge in [-0.05, 0) is 54.9 Å². The lowest BCUT2D eigenvalue weighted by atomic mass is 9.66. The predicted octanol–water partition coefficient (Wildman–Crippen LogP) is 3.77. The normalized spacial score (nSPS) is 21.5. The average Bonchev–Trinajstić information content (AvgIpc) is 2.50. The third-order valence-electron chi connectivity index (χ3n) is 4.87. The van der Waals surface area contributed by atoms with E-state index in [9.17, 15) is 0 Å². The van der Waals surface area contributed by atoms with Gasteiger partial charge in [0.1, 0.15) is 0 Å². The Kier molecular flexibility index (Phi) is 3.62. The molecule has 2 aromatic carbocycles. The van der Waals surface area contributed by atoms with Crippen molar-refractivity contribution in [2.24, 2.45) is 5.73 Å². The van der Waals surface area contributed by atoms with E-state index in [0.29, 0.717) is 0 Å². The fraction of sp³-hybridized carbons (Fsp3) is 0.368. The summed E-state index contributed by atoms with van der Waals surface area (Å²) in [4.78, 5) is 0. The molecular weight excluding hydrogens is 242 g/mol. The number of benzene rings is 2. The van der Waals surface area contributed by atoms with Gasteiger partial charge in [0.05, 0.1) is 0 Å². The van der Waals surface area contributed by atoms with Gasteiger partial charge in [-0.25, -0.2) is 0 Å². The Morgan fingerprint density at radius 2 is 1.80 bits per heavy atom. The minimum absolute atomic E-state index is 0.126. The highest BCUT2D eigenvalue weighted by atomic mass is 14.6. The molecule has 0 saturated carbocycles. The van der Waals surface area contributed by atoms with Gasteiger partial charge in [-0.15, -0.1) is 0 Å². The molecule has 0 saturated heterocycles. The Hall–Kier alpha value is -1.60. The molecule has 0 spiro atoms. The van der Waals surface area contributed by atoms with Crippen LogP contribution in [0, 0.1) is 6.92 Å². The van der Waals surface area contributed by atoms with E-state index in [1.165, 1.54) is 41.5 Å². The molecule has 2 aromatic rings. The summed E-state index contributed by atoms with van der Waals surface area (Å²) < 4.78 is 0. The van der Waals surface area contributed by atoms with Crippen LogP contribution in [0.25, 0.3) is 0 Å². The quantitative estimate of drug-likeness (QED) is 0.898. The molecule has 1 aliphatic rings. The van der Waals surface area contributed by atoms with E-state index in [4.69, 9.17) is 5.73 Å². The van der Waals surface area contributed by atoms with E-state index >= 15 is 0 Å². The maximum atomic E-state index is 6.25. The van der Waals surface area contributed by atoms with Crippen LogP contribution in [0.4, 0.5) is 0 Å². The molecule has 104 valence electrons. The topological polar surface area (TPSA) is 26.0 Å². The van der Waals surface area contributed by atoms with Crippen molar-refractivity contribution in [2.45, 2.75) is 38.0 Å². The lowest BCUT2D eigenvalue weighted by molar-refractivity contribution is 0.365. The van der Waals surface area contributed by atoms with Gasteiger partial charge in [0.2, 0.25) is 0 Å². The van der Waals surface area contributed by atoms with Gasteiger partial charge >= 0.3 is 0 Å². The molecule has 3 rings (SSSR count). The highest BCUT2D eigenvalue weighted by molar-refractivity contribution is 5.40. The molecule has 1 nitrogen and oxygen atoms in total. The van der Waals surface area contributed by atoms with Gasteiger partial charge in [0.15, 0.2) is 0 Å². The van der Waals surface area contributed by atoms with E-state index in [2.05, 4.69) is 55.5 Å². The zero-order chi connectivity index (χ0) is 14.0. The highest BCUT2D eigenvalue weighted by Crippen LogP contribution is 2.39. The molecule has 2 N–H and O–H groups in total. The van der Waals surface area contributed by atoms with E-state index in [1.54, 1.807) is 0 Å². The van der Waals surface area contributed by atoms with Crippen LogP contribution in [-0.4, -0.2) is 6.54 Å². The molecule has 0 bridgehead atoms. The molecule has 1 unspecified atom stereocenters. The summed E-state index contributed by atoms with van der Waals surface area (Å²) in [5.74, 6) is 0. The predicted molar refractivity (Wildman–Crippen MR) is 85.0 cm³/mol. The second-order valence-corrected chi connectivity index (χ2v) is 6.10. The van der Waals surface area contributed by atoms with Crippen LogP contribution in [0.5, 0.6) is 0 Å². The van der Waals surface area contributed by atoms with Crippen molar-refractivity contribution >= 4 is 0 Å². The van der Waals surface area contributed by atoms with Gasteiger partial charge < -0.3 is 5.73 Å². The second kappa shape index (κ2) is 5.41. The van der Waals surface area contributed by atoms with Crippen LogP contribution in [0.15, 0.2) is 48.5 Å². The molecule has 1 aliphatic carbocycles. The zero-order valence-corrected chi connectivity index (χ0v) is 12.2. The van der Waals surface area contributed by atoms with Crippen molar-refractivity contribution in [3.63, 3.8) is 0 Å². The Labute approximate surface area is 121 Å². The highest BCUT2D eigenvalue weighted by Gasteiger charge is 2.35. The van der Waals surface area contributed by atoms with Crippen molar-refractivity contribution in [3.8, 4) is 0 Å². The van der Waals surface area contributed by atoms with E-state index in [0.717, 1.165) is 13.0 Å². The smallest absolute Gasteiger partial charge is 0.0119 e. The number of hydrogen-bond acceptors (Lipinski definition) is 1. The maximum Gasteiger partial charge on any atom is 0.0119 e. The standard InChI is InChI=1S/C19H23N/c1-15-7-2-3-9-17(15)13-19(14-20)12-6-10-16-8-4-5-11-18(16)19/h2-5,7-9,11H,6,10,12-14,20H2,1H3.